The second-order valence-electron chi connectivity index (χ2n) is 7.48. The molecular formula is C22H45FO. The van der Waals surface area contributed by atoms with Crippen molar-refractivity contribution in [1.29, 1.82) is 0 Å². The number of alkyl halides is 1. The van der Waals surface area contributed by atoms with Crippen molar-refractivity contribution in [1.82, 2.24) is 0 Å². The Hall–Kier alpha value is -0.110. The van der Waals surface area contributed by atoms with E-state index in [-0.39, 0.29) is 6.67 Å². The monoisotopic (exact) mass is 344 g/mol. The van der Waals surface area contributed by atoms with E-state index in [4.69, 9.17) is 5.11 Å². The molecule has 1 nitrogen and oxygen atoms in total. The Bertz CT molecular complexity index is 186. The molecule has 0 unspecified atom stereocenters. The van der Waals surface area contributed by atoms with Crippen molar-refractivity contribution in [3.8, 4) is 0 Å². The second-order valence-corrected chi connectivity index (χ2v) is 7.48. The lowest BCUT2D eigenvalue weighted by atomic mass is 10.0. The van der Waals surface area contributed by atoms with Crippen molar-refractivity contribution < 1.29 is 9.50 Å². The van der Waals surface area contributed by atoms with E-state index in [1.165, 1.54) is 109 Å². The first-order chi connectivity index (χ1) is 11.9. The van der Waals surface area contributed by atoms with E-state index in [0.717, 1.165) is 19.3 Å². The van der Waals surface area contributed by atoms with E-state index in [1.807, 2.05) is 0 Å². The van der Waals surface area contributed by atoms with Crippen LogP contribution >= 0.6 is 0 Å². The zero-order chi connectivity index (χ0) is 17.6. The lowest BCUT2D eigenvalue weighted by Crippen LogP contribution is -1.85. The SMILES string of the molecule is OCCCCCCCCCCCCCCCCCCCCCCF. The summed E-state index contributed by atoms with van der Waals surface area (Å²) in [5.41, 5.74) is 0. The van der Waals surface area contributed by atoms with Gasteiger partial charge in [-0.2, -0.15) is 0 Å². The van der Waals surface area contributed by atoms with Gasteiger partial charge >= 0.3 is 0 Å². The van der Waals surface area contributed by atoms with Crippen LogP contribution in [0.2, 0.25) is 0 Å². The molecule has 0 aliphatic carbocycles. The van der Waals surface area contributed by atoms with Gasteiger partial charge in [0.15, 0.2) is 0 Å². The molecule has 0 saturated carbocycles. The summed E-state index contributed by atoms with van der Waals surface area (Å²) < 4.78 is 11.9. The number of rotatable bonds is 21. The molecule has 0 bridgehead atoms. The van der Waals surface area contributed by atoms with E-state index in [9.17, 15) is 4.39 Å². The molecule has 0 atom stereocenters. The highest BCUT2D eigenvalue weighted by Crippen LogP contribution is 2.14. The Balaban J connectivity index is 2.93. The van der Waals surface area contributed by atoms with Crippen LogP contribution in [0.3, 0.4) is 0 Å². The summed E-state index contributed by atoms with van der Waals surface area (Å²) in [5, 5.41) is 8.71. The van der Waals surface area contributed by atoms with Crippen molar-refractivity contribution in [3.05, 3.63) is 0 Å². The van der Waals surface area contributed by atoms with Gasteiger partial charge in [0.1, 0.15) is 0 Å². The van der Waals surface area contributed by atoms with Gasteiger partial charge in [0.25, 0.3) is 0 Å². The number of unbranched alkanes of at least 4 members (excludes halogenated alkanes) is 19. The molecule has 146 valence electrons. The van der Waals surface area contributed by atoms with Crippen LogP contribution in [0.15, 0.2) is 0 Å². The maximum Gasteiger partial charge on any atom is 0.0894 e. The molecule has 0 aromatic rings. The third-order valence-electron chi connectivity index (χ3n) is 5.04. The zero-order valence-corrected chi connectivity index (χ0v) is 16.4. The molecular weight excluding hydrogens is 299 g/mol. The zero-order valence-electron chi connectivity index (χ0n) is 16.4. The first-order valence-electron chi connectivity index (χ1n) is 11.1. The molecule has 0 saturated heterocycles. The van der Waals surface area contributed by atoms with Crippen LogP contribution < -0.4 is 0 Å². The number of halogens is 1. The Morgan fingerprint density at radius 2 is 0.542 bits per heavy atom. The third-order valence-corrected chi connectivity index (χ3v) is 5.04. The van der Waals surface area contributed by atoms with Crippen LogP contribution in [-0.2, 0) is 0 Å². The molecule has 2 heteroatoms. The van der Waals surface area contributed by atoms with Crippen LogP contribution in [-0.4, -0.2) is 18.4 Å². The first kappa shape index (κ1) is 23.9. The summed E-state index contributed by atoms with van der Waals surface area (Å²) in [6.07, 6.45) is 26.1. The summed E-state index contributed by atoms with van der Waals surface area (Å²) in [7, 11) is 0. The highest BCUT2D eigenvalue weighted by Gasteiger charge is 1.95. The highest BCUT2D eigenvalue weighted by atomic mass is 19.1. The lowest BCUT2D eigenvalue weighted by Gasteiger charge is -2.04. The van der Waals surface area contributed by atoms with Crippen molar-refractivity contribution in [2.45, 2.75) is 128 Å². The quantitative estimate of drug-likeness (QED) is 0.211. The minimum absolute atomic E-state index is 0.134. The number of aliphatic hydroxyl groups excluding tert-OH is 1. The van der Waals surface area contributed by atoms with Gasteiger partial charge in [-0.1, -0.05) is 116 Å². The number of hydrogen-bond donors (Lipinski definition) is 1. The van der Waals surface area contributed by atoms with Crippen molar-refractivity contribution in [3.63, 3.8) is 0 Å². The molecule has 0 spiro atoms. The normalized spacial score (nSPS) is 11.2. The minimum atomic E-state index is -0.134. The van der Waals surface area contributed by atoms with Gasteiger partial charge in [0, 0.05) is 6.61 Å². The van der Waals surface area contributed by atoms with E-state index in [0.29, 0.717) is 6.61 Å². The fourth-order valence-corrected chi connectivity index (χ4v) is 3.39. The van der Waals surface area contributed by atoms with E-state index >= 15 is 0 Å². The Morgan fingerprint density at radius 3 is 0.750 bits per heavy atom. The highest BCUT2D eigenvalue weighted by molar-refractivity contribution is 4.50. The van der Waals surface area contributed by atoms with Crippen LogP contribution in [0.5, 0.6) is 0 Å². The van der Waals surface area contributed by atoms with E-state index in [2.05, 4.69) is 0 Å². The fourth-order valence-electron chi connectivity index (χ4n) is 3.39. The summed E-state index contributed by atoms with van der Waals surface area (Å²) >= 11 is 0. The standard InChI is InChI=1S/C22H45FO/c23-21-19-17-15-13-11-9-7-5-3-1-2-4-6-8-10-12-14-16-18-20-22-24/h24H,1-22H2. The van der Waals surface area contributed by atoms with Gasteiger partial charge in [-0.3, -0.25) is 4.39 Å². The predicted molar refractivity (Wildman–Crippen MR) is 105 cm³/mol. The molecule has 0 aromatic heterocycles. The summed E-state index contributed by atoms with van der Waals surface area (Å²) in [4.78, 5) is 0. The van der Waals surface area contributed by atoms with E-state index in [1.54, 1.807) is 0 Å². The molecule has 0 amide bonds. The van der Waals surface area contributed by atoms with Gasteiger partial charge in [-0.05, 0) is 12.8 Å². The van der Waals surface area contributed by atoms with Gasteiger partial charge in [0.2, 0.25) is 0 Å². The topological polar surface area (TPSA) is 20.2 Å². The summed E-state index contributed by atoms with van der Waals surface area (Å²) in [6.45, 7) is 0.229. The van der Waals surface area contributed by atoms with Gasteiger partial charge in [0.05, 0.1) is 6.67 Å². The Kier molecular flexibility index (Phi) is 22.8. The van der Waals surface area contributed by atoms with Crippen molar-refractivity contribution in [2.75, 3.05) is 13.3 Å². The third kappa shape index (κ3) is 21.9. The number of aliphatic hydroxyl groups is 1. The summed E-state index contributed by atoms with van der Waals surface area (Å²) in [6, 6.07) is 0. The molecule has 0 aliphatic rings. The Labute approximate surface area is 151 Å². The molecule has 0 heterocycles. The molecule has 0 rings (SSSR count). The molecule has 0 aliphatic heterocycles. The van der Waals surface area contributed by atoms with Gasteiger partial charge in [-0.25, -0.2) is 0 Å². The van der Waals surface area contributed by atoms with Crippen LogP contribution in [0.25, 0.3) is 0 Å². The lowest BCUT2D eigenvalue weighted by molar-refractivity contribution is 0.282. The first-order valence-corrected chi connectivity index (χ1v) is 11.1. The molecule has 0 aromatic carbocycles. The molecule has 0 fully saturated rings. The molecule has 24 heavy (non-hydrogen) atoms. The average molecular weight is 345 g/mol. The average Bonchev–Trinajstić information content (AvgIpc) is 2.60. The predicted octanol–water partition coefficient (Wildman–Crippen LogP) is 7.75. The maximum absolute atomic E-state index is 11.9. The van der Waals surface area contributed by atoms with Gasteiger partial charge in [-0.15, -0.1) is 0 Å². The Morgan fingerprint density at radius 1 is 0.333 bits per heavy atom. The fraction of sp³-hybridized carbons (Fsp3) is 1.00. The van der Waals surface area contributed by atoms with Crippen molar-refractivity contribution in [2.24, 2.45) is 0 Å². The molecule has 0 radical (unpaired) electrons. The van der Waals surface area contributed by atoms with Gasteiger partial charge < -0.3 is 5.11 Å². The van der Waals surface area contributed by atoms with E-state index < -0.39 is 0 Å². The number of hydrogen-bond acceptors (Lipinski definition) is 1. The van der Waals surface area contributed by atoms with Crippen molar-refractivity contribution >= 4 is 0 Å². The van der Waals surface area contributed by atoms with Crippen LogP contribution in [0.1, 0.15) is 128 Å². The maximum atomic E-state index is 11.9. The summed E-state index contributed by atoms with van der Waals surface area (Å²) in [5.74, 6) is 0. The second kappa shape index (κ2) is 22.9. The van der Waals surface area contributed by atoms with Crippen LogP contribution in [0.4, 0.5) is 4.39 Å². The molecule has 1 N–H and O–H groups in total. The smallest absolute Gasteiger partial charge is 0.0894 e. The minimum Gasteiger partial charge on any atom is -0.396 e. The largest absolute Gasteiger partial charge is 0.396 e. The van der Waals surface area contributed by atoms with Crippen LogP contribution in [0, 0.1) is 0 Å².